The fourth-order valence-corrected chi connectivity index (χ4v) is 3.34. The van der Waals surface area contributed by atoms with Crippen LogP contribution in [0.2, 0.25) is 0 Å². The van der Waals surface area contributed by atoms with Crippen LogP contribution in [0.3, 0.4) is 0 Å². The van der Waals surface area contributed by atoms with Crippen molar-refractivity contribution >= 4 is 15.7 Å². The fraction of sp³-hybridized carbons (Fsp3) is 0.455. The molecule has 4 nitrogen and oxygen atoms in total. The molecule has 0 spiro atoms. The summed E-state index contributed by atoms with van der Waals surface area (Å²) in [5.74, 6) is 0.0395. The first-order valence-corrected chi connectivity index (χ1v) is 6.83. The highest BCUT2D eigenvalue weighted by molar-refractivity contribution is 7.92. The van der Waals surface area contributed by atoms with Gasteiger partial charge in [-0.3, -0.25) is 4.31 Å². The number of rotatable bonds is 4. The molecule has 0 radical (unpaired) electrons. The minimum Gasteiger partial charge on any atom is -0.384 e. The minimum absolute atomic E-state index is 0.0395. The second-order valence-corrected chi connectivity index (χ2v) is 5.77. The van der Waals surface area contributed by atoms with Crippen LogP contribution in [0.1, 0.15) is 5.56 Å². The quantitative estimate of drug-likeness (QED) is 0.791. The number of hydrogen-bond acceptors (Lipinski definition) is 3. The lowest BCUT2D eigenvalue weighted by Gasteiger charge is -2.19. The van der Waals surface area contributed by atoms with E-state index in [0.717, 1.165) is 17.7 Å². The SMILES string of the molecule is COCCS(=O)(=O)N1CCc2ccccc21. The van der Waals surface area contributed by atoms with Crippen LogP contribution in [0, 0.1) is 0 Å². The third-order valence-electron chi connectivity index (χ3n) is 2.73. The molecule has 1 aromatic carbocycles. The van der Waals surface area contributed by atoms with Crippen LogP contribution < -0.4 is 4.31 Å². The Morgan fingerprint density at radius 3 is 2.88 bits per heavy atom. The summed E-state index contributed by atoms with van der Waals surface area (Å²) in [7, 11) is -1.72. The Morgan fingerprint density at radius 1 is 1.38 bits per heavy atom. The number of nitrogens with zero attached hydrogens (tertiary/aromatic N) is 1. The molecule has 0 saturated heterocycles. The van der Waals surface area contributed by atoms with E-state index >= 15 is 0 Å². The molecule has 16 heavy (non-hydrogen) atoms. The molecular weight excluding hydrogens is 226 g/mol. The van der Waals surface area contributed by atoms with Gasteiger partial charge in [0.25, 0.3) is 0 Å². The largest absolute Gasteiger partial charge is 0.384 e. The highest BCUT2D eigenvalue weighted by atomic mass is 32.2. The first kappa shape index (κ1) is 11.4. The monoisotopic (exact) mass is 241 g/mol. The number of fused-ring (bicyclic) bond motifs is 1. The smallest absolute Gasteiger partial charge is 0.237 e. The van der Waals surface area contributed by atoms with E-state index in [9.17, 15) is 8.42 Å². The van der Waals surface area contributed by atoms with Crippen LogP contribution in [0.25, 0.3) is 0 Å². The topological polar surface area (TPSA) is 46.6 Å². The fourth-order valence-electron chi connectivity index (χ4n) is 1.90. The zero-order chi connectivity index (χ0) is 11.6. The lowest BCUT2D eigenvalue weighted by atomic mass is 10.2. The Balaban J connectivity index is 2.25. The Morgan fingerprint density at radius 2 is 2.12 bits per heavy atom. The number of benzene rings is 1. The summed E-state index contributed by atoms with van der Waals surface area (Å²) in [6.07, 6.45) is 0.794. The summed E-state index contributed by atoms with van der Waals surface area (Å²) >= 11 is 0. The van der Waals surface area contributed by atoms with E-state index in [1.165, 1.54) is 11.4 Å². The summed E-state index contributed by atoms with van der Waals surface area (Å²) in [5, 5.41) is 0. The van der Waals surface area contributed by atoms with Crippen molar-refractivity contribution in [1.29, 1.82) is 0 Å². The maximum absolute atomic E-state index is 12.0. The molecule has 5 heteroatoms. The van der Waals surface area contributed by atoms with Crippen molar-refractivity contribution in [3.05, 3.63) is 29.8 Å². The van der Waals surface area contributed by atoms with Gasteiger partial charge in [-0.25, -0.2) is 8.42 Å². The molecule has 1 aliphatic heterocycles. The third-order valence-corrected chi connectivity index (χ3v) is 4.46. The molecule has 88 valence electrons. The molecule has 1 heterocycles. The molecule has 0 aromatic heterocycles. The van der Waals surface area contributed by atoms with Gasteiger partial charge in [-0.1, -0.05) is 18.2 Å². The maximum Gasteiger partial charge on any atom is 0.237 e. The molecule has 0 unspecified atom stereocenters. The van der Waals surface area contributed by atoms with E-state index in [4.69, 9.17) is 4.74 Å². The predicted molar refractivity (Wildman–Crippen MR) is 63.2 cm³/mol. The van der Waals surface area contributed by atoms with Crippen LogP contribution in [-0.2, 0) is 21.2 Å². The minimum atomic E-state index is -3.23. The van der Waals surface area contributed by atoms with E-state index in [0.29, 0.717) is 6.54 Å². The first-order chi connectivity index (χ1) is 7.65. The van der Waals surface area contributed by atoms with Crippen molar-refractivity contribution in [2.24, 2.45) is 0 Å². The zero-order valence-electron chi connectivity index (χ0n) is 9.22. The molecule has 0 aliphatic carbocycles. The Hall–Kier alpha value is -1.07. The number of para-hydroxylation sites is 1. The van der Waals surface area contributed by atoms with Gasteiger partial charge in [-0.05, 0) is 18.1 Å². The molecule has 0 amide bonds. The summed E-state index contributed by atoms with van der Waals surface area (Å²) in [6, 6.07) is 7.63. The zero-order valence-corrected chi connectivity index (χ0v) is 10.0. The maximum atomic E-state index is 12.0. The average Bonchev–Trinajstić information content (AvgIpc) is 2.71. The van der Waals surface area contributed by atoms with Gasteiger partial charge in [0, 0.05) is 13.7 Å². The number of hydrogen-bond donors (Lipinski definition) is 0. The van der Waals surface area contributed by atoms with E-state index < -0.39 is 10.0 Å². The molecular formula is C11H15NO3S. The molecule has 0 bridgehead atoms. The molecule has 1 aliphatic rings. The molecule has 0 fully saturated rings. The Labute approximate surface area is 95.9 Å². The third kappa shape index (κ3) is 2.05. The Kier molecular flexibility index (Phi) is 3.16. The van der Waals surface area contributed by atoms with Gasteiger partial charge in [0.05, 0.1) is 18.0 Å². The van der Waals surface area contributed by atoms with Crippen molar-refractivity contribution in [3.8, 4) is 0 Å². The normalized spacial score (nSPS) is 15.2. The van der Waals surface area contributed by atoms with Crippen molar-refractivity contribution in [1.82, 2.24) is 0 Å². The summed E-state index contributed by atoms with van der Waals surface area (Å²) in [5.41, 5.74) is 1.92. The number of anilines is 1. The highest BCUT2D eigenvalue weighted by Gasteiger charge is 2.28. The first-order valence-electron chi connectivity index (χ1n) is 5.22. The van der Waals surface area contributed by atoms with Crippen molar-refractivity contribution in [2.75, 3.05) is 30.3 Å². The van der Waals surface area contributed by atoms with Gasteiger partial charge in [-0.15, -0.1) is 0 Å². The van der Waals surface area contributed by atoms with Gasteiger partial charge in [0.1, 0.15) is 0 Å². The number of sulfonamides is 1. The summed E-state index contributed by atoms with van der Waals surface area (Å²) in [6.45, 7) is 0.784. The van der Waals surface area contributed by atoms with Gasteiger partial charge < -0.3 is 4.74 Å². The second-order valence-electron chi connectivity index (χ2n) is 3.76. The standard InChI is InChI=1S/C11H15NO3S/c1-15-8-9-16(13,14)12-7-6-10-4-2-3-5-11(10)12/h2-5H,6-9H2,1H3. The number of methoxy groups -OCH3 is 1. The van der Waals surface area contributed by atoms with E-state index in [1.54, 1.807) is 0 Å². The molecule has 2 rings (SSSR count). The highest BCUT2D eigenvalue weighted by Crippen LogP contribution is 2.29. The molecule has 1 aromatic rings. The van der Waals surface area contributed by atoms with E-state index in [2.05, 4.69) is 0 Å². The van der Waals surface area contributed by atoms with Crippen molar-refractivity contribution in [3.63, 3.8) is 0 Å². The van der Waals surface area contributed by atoms with Crippen LogP contribution >= 0.6 is 0 Å². The lowest BCUT2D eigenvalue weighted by molar-refractivity contribution is 0.217. The van der Waals surface area contributed by atoms with E-state index in [-0.39, 0.29) is 12.4 Å². The van der Waals surface area contributed by atoms with Gasteiger partial charge in [0.2, 0.25) is 10.0 Å². The number of ether oxygens (including phenoxy) is 1. The van der Waals surface area contributed by atoms with Gasteiger partial charge in [-0.2, -0.15) is 0 Å². The summed E-state index contributed by atoms with van der Waals surface area (Å²) < 4.78 is 30.3. The molecule has 0 atom stereocenters. The van der Waals surface area contributed by atoms with Crippen LogP contribution in [0.15, 0.2) is 24.3 Å². The molecule has 0 N–H and O–H groups in total. The summed E-state index contributed by atoms with van der Waals surface area (Å²) in [4.78, 5) is 0. The van der Waals surface area contributed by atoms with Crippen LogP contribution in [0.5, 0.6) is 0 Å². The lowest BCUT2D eigenvalue weighted by Crippen LogP contribution is -2.32. The van der Waals surface area contributed by atoms with Crippen LogP contribution in [0.4, 0.5) is 5.69 Å². The average molecular weight is 241 g/mol. The van der Waals surface area contributed by atoms with Crippen molar-refractivity contribution < 1.29 is 13.2 Å². The van der Waals surface area contributed by atoms with Crippen molar-refractivity contribution in [2.45, 2.75) is 6.42 Å². The second kappa shape index (κ2) is 4.43. The molecule has 0 saturated carbocycles. The Bertz CT molecular complexity index is 470. The van der Waals surface area contributed by atoms with Gasteiger partial charge in [0.15, 0.2) is 0 Å². The van der Waals surface area contributed by atoms with E-state index in [1.807, 2.05) is 24.3 Å². The predicted octanol–water partition coefficient (Wildman–Crippen LogP) is 1.03. The van der Waals surface area contributed by atoms with Crippen LogP contribution in [-0.4, -0.2) is 34.4 Å². The van der Waals surface area contributed by atoms with Gasteiger partial charge >= 0.3 is 0 Å².